The average Bonchev–Trinajstić information content (AvgIpc) is 3.11. The van der Waals surface area contributed by atoms with Crippen LogP contribution in [0.25, 0.3) is 11.1 Å². The van der Waals surface area contributed by atoms with Gasteiger partial charge in [0.2, 0.25) is 5.91 Å². The minimum Gasteiger partial charge on any atom is -0.493 e. The highest BCUT2D eigenvalue weighted by molar-refractivity contribution is 5.73. The van der Waals surface area contributed by atoms with Crippen molar-refractivity contribution in [1.82, 2.24) is 10.2 Å². The molecule has 0 bridgehead atoms. The molecule has 0 radical (unpaired) electrons. The molecule has 4 atom stereocenters. The standard InChI is InChI=1S/C39H44N2O6/c1-25-37(23-41-17-16-33-19-35(44-3)36(45-4)20-34(33)22-41)46-39(47-38(25)30-10-8-27(24-42)9-11-30)31-14-12-29(13-15-31)32-7-5-6-28(18-32)21-40-26(2)43/h5-15,18-20,25,37-39,42H,16-17,21-24H2,1-4H3,(H,40,43). The number of fused-ring (bicyclic) bond motifs is 1. The van der Waals surface area contributed by atoms with Crippen LogP contribution in [0.2, 0.25) is 0 Å². The molecular formula is C39H44N2O6. The predicted molar refractivity (Wildman–Crippen MR) is 181 cm³/mol. The van der Waals surface area contributed by atoms with Gasteiger partial charge in [-0.3, -0.25) is 9.69 Å². The minimum absolute atomic E-state index is 0.00527. The van der Waals surface area contributed by atoms with E-state index in [0.717, 1.165) is 70.9 Å². The number of benzene rings is 4. The van der Waals surface area contributed by atoms with Gasteiger partial charge in [-0.15, -0.1) is 0 Å². The van der Waals surface area contributed by atoms with Crippen molar-refractivity contribution >= 4 is 5.91 Å². The van der Waals surface area contributed by atoms with Crippen molar-refractivity contribution in [2.24, 2.45) is 5.92 Å². The van der Waals surface area contributed by atoms with Crippen LogP contribution in [0.4, 0.5) is 0 Å². The van der Waals surface area contributed by atoms with Crippen LogP contribution in [-0.2, 0) is 40.4 Å². The van der Waals surface area contributed by atoms with Crippen molar-refractivity contribution in [3.63, 3.8) is 0 Å². The van der Waals surface area contributed by atoms with Crippen LogP contribution in [0.3, 0.4) is 0 Å². The van der Waals surface area contributed by atoms with Crippen LogP contribution in [0.15, 0.2) is 84.9 Å². The lowest BCUT2D eigenvalue weighted by Crippen LogP contribution is -2.45. The van der Waals surface area contributed by atoms with Gasteiger partial charge in [0, 0.05) is 44.6 Å². The number of amides is 1. The van der Waals surface area contributed by atoms with E-state index in [1.165, 1.54) is 18.1 Å². The van der Waals surface area contributed by atoms with Crippen LogP contribution >= 0.6 is 0 Å². The van der Waals surface area contributed by atoms with E-state index in [-0.39, 0.29) is 30.6 Å². The molecule has 4 aromatic carbocycles. The molecule has 2 heterocycles. The quantitative estimate of drug-likeness (QED) is 0.210. The second-order valence-electron chi connectivity index (χ2n) is 12.5. The molecule has 0 aromatic heterocycles. The third-order valence-corrected chi connectivity index (χ3v) is 9.34. The third-order valence-electron chi connectivity index (χ3n) is 9.34. The fraction of sp³-hybridized carbons (Fsp3) is 0.359. The maximum atomic E-state index is 11.4. The summed E-state index contributed by atoms with van der Waals surface area (Å²) in [6.07, 6.45) is 0.123. The Morgan fingerprint density at radius 1 is 0.872 bits per heavy atom. The van der Waals surface area contributed by atoms with Crippen LogP contribution < -0.4 is 14.8 Å². The summed E-state index contributed by atoms with van der Waals surface area (Å²) in [4.78, 5) is 13.9. The zero-order chi connectivity index (χ0) is 32.9. The Morgan fingerprint density at radius 3 is 2.26 bits per heavy atom. The molecule has 8 heteroatoms. The van der Waals surface area contributed by atoms with E-state index in [4.69, 9.17) is 18.9 Å². The van der Waals surface area contributed by atoms with Gasteiger partial charge < -0.3 is 29.4 Å². The molecule has 0 saturated carbocycles. The third kappa shape index (κ3) is 7.52. The first-order valence-electron chi connectivity index (χ1n) is 16.3. The molecule has 0 aliphatic carbocycles. The van der Waals surface area contributed by atoms with E-state index < -0.39 is 6.29 Å². The number of aliphatic hydroxyl groups is 1. The van der Waals surface area contributed by atoms with Gasteiger partial charge in [0.05, 0.1) is 33.0 Å². The van der Waals surface area contributed by atoms with Crippen molar-refractivity contribution in [3.8, 4) is 22.6 Å². The summed E-state index contributed by atoms with van der Waals surface area (Å²) in [5.74, 6) is 1.55. The lowest BCUT2D eigenvalue weighted by atomic mass is 9.89. The fourth-order valence-electron chi connectivity index (χ4n) is 6.60. The minimum atomic E-state index is -0.541. The molecular weight excluding hydrogens is 592 g/mol. The van der Waals surface area contributed by atoms with E-state index in [1.54, 1.807) is 14.2 Å². The second kappa shape index (κ2) is 14.7. The monoisotopic (exact) mass is 636 g/mol. The van der Waals surface area contributed by atoms with Crippen molar-refractivity contribution in [2.75, 3.05) is 27.3 Å². The van der Waals surface area contributed by atoms with Crippen LogP contribution in [0, 0.1) is 5.92 Å². The molecule has 2 aliphatic heterocycles. The molecule has 4 unspecified atom stereocenters. The highest BCUT2D eigenvalue weighted by atomic mass is 16.7. The van der Waals surface area contributed by atoms with Crippen molar-refractivity contribution in [1.29, 1.82) is 0 Å². The number of nitrogens with zero attached hydrogens (tertiary/aromatic N) is 1. The molecule has 4 aromatic rings. The Kier molecular flexibility index (Phi) is 10.2. The molecule has 246 valence electrons. The summed E-state index contributed by atoms with van der Waals surface area (Å²) in [5.41, 5.74) is 8.65. The molecule has 2 aliphatic rings. The molecule has 2 N–H and O–H groups in total. The largest absolute Gasteiger partial charge is 0.493 e. The first kappa shape index (κ1) is 32.7. The molecule has 1 saturated heterocycles. The van der Waals surface area contributed by atoms with Gasteiger partial charge in [0.1, 0.15) is 0 Å². The first-order valence-corrected chi connectivity index (χ1v) is 16.3. The summed E-state index contributed by atoms with van der Waals surface area (Å²) in [5, 5.41) is 12.5. The van der Waals surface area contributed by atoms with Crippen LogP contribution in [0.1, 0.15) is 59.6 Å². The Bertz CT molecular complexity index is 1670. The Labute approximate surface area is 277 Å². The van der Waals surface area contributed by atoms with Gasteiger partial charge in [0.25, 0.3) is 0 Å². The number of carbonyl (C=O) groups excluding carboxylic acids is 1. The number of carbonyl (C=O) groups is 1. The predicted octanol–water partition coefficient (Wildman–Crippen LogP) is 6.35. The molecule has 47 heavy (non-hydrogen) atoms. The first-order chi connectivity index (χ1) is 22.8. The zero-order valence-electron chi connectivity index (χ0n) is 27.6. The summed E-state index contributed by atoms with van der Waals surface area (Å²) in [6, 6.07) is 28.8. The summed E-state index contributed by atoms with van der Waals surface area (Å²) in [6.45, 7) is 6.72. The van der Waals surface area contributed by atoms with Gasteiger partial charge in [-0.25, -0.2) is 0 Å². The fourth-order valence-corrected chi connectivity index (χ4v) is 6.60. The van der Waals surface area contributed by atoms with Gasteiger partial charge in [0.15, 0.2) is 17.8 Å². The average molecular weight is 637 g/mol. The van der Waals surface area contributed by atoms with E-state index in [0.29, 0.717) is 6.54 Å². The normalized spacial score (nSPS) is 21.1. The van der Waals surface area contributed by atoms with Gasteiger partial charge in [-0.05, 0) is 63.6 Å². The van der Waals surface area contributed by atoms with E-state index in [2.05, 4.69) is 77.8 Å². The van der Waals surface area contributed by atoms with Crippen LogP contribution in [0.5, 0.6) is 11.5 Å². The highest BCUT2D eigenvalue weighted by Gasteiger charge is 2.39. The lowest BCUT2D eigenvalue weighted by Gasteiger charge is -2.43. The van der Waals surface area contributed by atoms with Crippen molar-refractivity contribution in [2.45, 2.75) is 58.5 Å². The number of aliphatic hydroxyl groups excluding tert-OH is 1. The summed E-state index contributed by atoms with van der Waals surface area (Å²) < 4.78 is 24.6. The Balaban J connectivity index is 1.23. The highest BCUT2D eigenvalue weighted by Crippen LogP contribution is 2.43. The molecule has 6 rings (SSSR count). The number of nitrogens with one attached hydrogen (secondary N) is 1. The lowest BCUT2D eigenvalue weighted by molar-refractivity contribution is -0.276. The molecule has 0 spiro atoms. The summed E-state index contributed by atoms with van der Waals surface area (Å²) >= 11 is 0. The SMILES string of the molecule is COc1cc2c(cc1OC)CN(CC1OC(c3ccc(-c4cccc(CNC(C)=O)c4)cc3)OC(c3ccc(CO)cc3)C1C)CC2. The number of methoxy groups -OCH3 is 2. The van der Waals surface area contributed by atoms with E-state index in [9.17, 15) is 9.90 Å². The van der Waals surface area contributed by atoms with Crippen molar-refractivity contribution < 1.29 is 28.8 Å². The summed E-state index contributed by atoms with van der Waals surface area (Å²) in [7, 11) is 3.35. The zero-order valence-corrected chi connectivity index (χ0v) is 27.6. The topological polar surface area (TPSA) is 89.5 Å². The van der Waals surface area contributed by atoms with Crippen LogP contribution in [-0.4, -0.2) is 49.3 Å². The number of ether oxygens (including phenoxy) is 4. The van der Waals surface area contributed by atoms with Crippen molar-refractivity contribution in [3.05, 3.63) is 118 Å². The second-order valence-corrected chi connectivity index (χ2v) is 12.5. The van der Waals surface area contributed by atoms with Gasteiger partial charge in [-0.2, -0.15) is 0 Å². The Morgan fingerprint density at radius 2 is 1.57 bits per heavy atom. The Hall–Kier alpha value is -4.21. The number of hydrogen-bond donors (Lipinski definition) is 2. The number of hydrogen-bond acceptors (Lipinski definition) is 7. The van der Waals surface area contributed by atoms with Gasteiger partial charge in [-0.1, -0.05) is 73.7 Å². The molecule has 1 fully saturated rings. The molecule has 1 amide bonds. The van der Waals surface area contributed by atoms with E-state index >= 15 is 0 Å². The van der Waals surface area contributed by atoms with E-state index in [1.807, 2.05) is 24.3 Å². The van der Waals surface area contributed by atoms with Gasteiger partial charge >= 0.3 is 0 Å². The smallest absolute Gasteiger partial charge is 0.217 e. The molecule has 8 nitrogen and oxygen atoms in total. The maximum absolute atomic E-state index is 11.4. The maximum Gasteiger partial charge on any atom is 0.217 e. The number of rotatable bonds is 10.